The molecule has 0 aliphatic heterocycles. The van der Waals surface area contributed by atoms with Gasteiger partial charge in [-0.25, -0.2) is 0 Å². The number of rotatable bonds is 4. The third-order valence-corrected chi connectivity index (χ3v) is 10.5. The lowest BCUT2D eigenvalue weighted by molar-refractivity contribution is -0.393. The monoisotopic (exact) mass is 466 g/mol. The van der Waals surface area contributed by atoms with Crippen molar-refractivity contribution in [2.45, 2.75) is 60.8 Å². The fourth-order valence-corrected chi connectivity index (χ4v) is 7.57. The molecule has 0 amide bonds. The molecule has 8 heteroatoms. The van der Waals surface area contributed by atoms with Gasteiger partial charge in [0.25, 0.3) is 5.69 Å². The van der Waals surface area contributed by atoms with Crippen molar-refractivity contribution in [2.75, 3.05) is 5.43 Å². The van der Waals surface area contributed by atoms with Gasteiger partial charge in [-0.15, -0.1) is 0 Å². The van der Waals surface area contributed by atoms with Gasteiger partial charge in [0.15, 0.2) is 0 Å². The maximum atomic E-state index is 11.6. The average molecular weight is 467 g/mol. The van der Waals surface area contributed by atoms with Gasteiger partial charge in [-0.1, -0.05) is 47.1 Å². The Hall–Kier alpha value is -2.77. The lowest BCUT2D eigenvalue weighted by Gasteiger charge is -2.42. The molecule has 6 atom stereocenters. The molecule has 34 heavy (non-hydrogen) atoms. The highest BCUT2D eigenvalue weighted by molar-refractivity contribution is 6.07. The highest BCUT2D eigenvalue weighted by Crippen LogP contribution is 2.67. The molecule has 182 valence electrons. The van der Waals surface area contributed by atoms with E-state index in [2.05, 4.69) is 47.0 Å². The summed E-state index contributed by atoms with van der Waals surface area (Å²) in [4.78, 5) is 21.5. The number of benzene rings is 1. The molecule has 0 heterocycles. The number of hydrogen-bond donors (Lipinski definition) is 1. The van der Waals surface area contributed by atoms with E-state index >= 15 is 0 Å². The lowest BCUT2D eigenvalue weighted by atomic mass is 9.62. The van der Waals surface area contributed by atoms with E-state index in [-0.39, 0.29) is 22.5 Å². The van der Waals surface area contributed by atoms with Crippen molar-refractivity contribution in [1.82, 2.24) is 0 Å². The molecule has 0 unspecified atom stereocenters. The number of non-ortho nitro benzene ring substituents is 1. The summed E-state index contributed by atoms with van der Waals surface area (Å²) < 4.78 is 0. The molecule has 4 saturated carbocycles. The third kappa shape index (κ3) is 3.06. The van der Waals surface area contributed by atoms with Crippen molar-refractivity contribution in [3.63, 3.8) is 0 Å². The molecule has 0 radical (unpaired) electrons. The van der Waals surface area contributed by atoms with Crippen LogP contribution >= 0.6 is 0 Å². The van der Waals surface area contributed by atoms with E-state index in [0.29, 0.717) is 40.9 Å². The highest BCUT2D eigenvalue weighted by atomic mass is 16.6. The van der Waals surface area contributed by atoms with Gasteiger partial charge in [0.1, 0.15) is 5.69 Å². The van der Waals surface area contributed by atoms with Crippen molar-refractivity contribution in [3.05, 3.63) is 49.6 Å². The predicted octanol–water partition coefficient (Wildman–Crippen LogP) is 6.58. The van der Waals surface area contributed by atoms with Gasteiger partial charge in [-0.2, -0.15) is 5.10 Å². The van der Waals surface area contributed by atoms with E-state index in [4.69, 9.17) is 5.10 Å². The number of nitro benzene ring substituents is 2. The van der Waals surface area contributed by atoms with Crippen LogP contribution in [-0.4, -0.2) is 15.6 Å². The minimum absolute atomic E-state index is 0.185. The van der Waals surface area contributed by atoms with E-state index in [0.717, 1.165) is 24.6 Å². The molecule has 0 spiro atoms. The first-order valence-corrected chi connectivity index (χ1v) is 12.3. The predicted molar refractivity (Wildman–Crippen MR) is 132 cm³/mol. The van der Waals surface area contributed by atoms with E-state index in [1.54, 1.807) is 5.57 Å². The Morgan fingerprint density at radius 3 is 2.24 bits per heavy atom. The fourth-order valence-electron chi connectivity index (χ4n) is 7.57. The van der Waals surface area contributed by atoms with Crippen molar-refractivity contribution in [1.29, 1.82) is 0 Å². The molecule has 4 fully saturated rings. The van der Waals surface area contributed by atoms with Gasteiger partial charge in [0, 0.05) is 12.0 Å². The van der Waals surface area contributed by atoms with Crippen LogP contribution in [0.1, 0.15) is 60.8 Å². The smallest absolute Gasteiger partial charge is 0.271 e. The Bertz CT molecular complexity index is 1150. The number of nitrogens with zero attached hydrogens (tertiary/aromatic N) is 3. The SMILES string of the molecule is C[C@@H]1[C@H]2C[C@@H](CC2=C2/C(=N\Nc3ccc([N+](=O)[O-])cc3[N+](=O)[O-])[C@H]3C[C@H]2C(C)(C)[C@@H]3C)C1(C)C. The second kappa shape index (κ2) is 7.36. The normalized spacial score (nSPS) is 38.0. The van der Waals surface area contributed by atoms with Crippen LogP contribution in [0.2, 0.25) is 0 Å². The van der Waals surface area contributed by atoms with Crippen LogP contribution < -0.4 is 5.43 Å². The number of fused-ring (bicyclic) bond motifs is 4. The van der Waals surface area contributed by atoms with Crippen LogP contribution in [0, 0.1) is 66.6 Å². The first-order chi connectivity index (χ1) is 15.9. The maximum absolute atomic E-state index is 11.6. The summed E-state index contributed by atoms with van der Waals surface area (Å²) in [5.74, 6) is 3.12. The van der Waals surface area contributed by atoms with Gasteiger partial charge >= 0.3 is 5.69 Å². The zero-order chi connectivity index (χ0) is 24.7. The van der Waals surface area contributed by atoms with Gasteiger partial charge in [-0.3, -0.25) is 25.7 Å². The molecule has 1 aromatic rings. The molecule has 0 saturated heterocycles. The number of anilines is 1. The fraction of sp³-hybridized carbons (Fsp3) is 0.654. The maximum Gasteiger partial charge on any atom is 0.301 e. The molecule has 0 aromatic heterocycles. The van der Waals surface area contributed by atoms with Crippen LogP contribution in [0.25, 0.3) is 0 Å². The van der Waals surface area contributed by atoms with E-state index in [1.807, 2.05) is 0 Å². The van der Waals surface area contributed by atoms with Gasteiger partial charge in [0.05, 0.1) is 21.6 Å². The van der Waals surface area contributed by atoms with Crippen molar-refractivity contribution < 1.29 is 9.85 Å². The van der Waals surface area contributed by atoms with Crippen molar-refractivity contribution in [3.8, 4) is 0 Å². The molecule has 4 bridgehead atoms. The number of nitrogens with one attached hydrogen (secondary N) is 1. The number of nitro groups is 2. The Morgan fingerprint density at radius 1 is 0.971 bits per heavy atom. The Balaban J connectivity index is 1.56. The summed E-state index contributed by atoms with van der Waals surface area (Å²) in [6.07, 6.45) is 3.45. The standard InChI is InChI=1S/C26H34N4O4/c1-13-17-9-15(25(13,3)4)10-19(17)23-20-12-18(14(2)26(20,5)6)24(23)28-27-21-8-7-16(29(31)32)11-22(21)30(33)34/h7-8,11,13-15,17-18,20,27H,9-10,12H2,1-6H3/b23-19?,28-24-/t13-,14-,15+,17-,18+,20-/m1/s1. The topological polar surface area (TPSA) is 111 Å². The second-order valence-electron chi connectivity index (χ2n) is 12.1. The van der Waals surface area contributed by atoms with Crippen LogP contribution in [0.4, 0.5) is 17.1 Å². The largest absolute Gasteiger partial charge is 0.301 e. The summed E-state index contributed by atoms with van der Waals surface area (Å²) in [7, 11) is 0. The van der Waals surface area contributed by atoms with Crippen molar-refractivity contribution >= 4 is 22.8 Å². The minimum Gasteiger partial charge on any atom is -0.271 e. The summed E-state index contributed by atoms with van der Waals surface area (Å²) >= 11 is 0. The number of hydrazone groups is 1. The van der Waals surface area contributed by atoms with Gasteiger partial charge in [0.2, 0.25) is 0 Å². The minimum atomic E-state index is -0.622. The van der Waals surface area contributed by atoms with Crippen LogP contribution in [-0.2, 0) is 0 Å². The zero-order valence-corrected chi connectivity index (χ0v) is 20.8. The molecule has 5 rings (SSSR count). The third-order valence-electron chi connectivity index (χ3n) is 10.5. The number of hydrogen-bond acceptors (Lipinski definition) is 6. The molecular weight excluding hydrogens is 432 g/mol. The van der Waals surface area contributed by atoms with E-state index in [1.165, 1.54) is 24.1 Å². The van der Waals surface area contributed by atoms with Crippen LogP contribution in [0.3, 0.4) is 0 Å². The molecule has 4 aliphatic rings. The quantitative estimate of drug-likeness (QED) is 0.398. The van der Waals surface area contributed by atoms with Crippen LogP contribution in [0.15, 0.2) is 34.4 Å². The van der Waals surface area contributed by atoms with Crippen molar-refractivity contribution in [2.24, 2.45) is 51.4 Å². The Kier molecular flexibility index (Phi) is 4.98. The van der Waals surface area contributed by atoms with Crippen LogP contribution in [0.5, 0.6) is 0 Å². The molecule has 1 aromatic carbocycles. The van der Waals surface area contributed by atoms with E-state index in [9.17, 15) is 20.2 Å². The number of allylic oxidation sites excluding steroid dienone is 2. The second-order valence-corrected chi connectivity index (χ2v) is 12.1. The van der Waals surface area contributed by atoms with Gasteiger partial charge < -0.3 is 0 Å². The summed E-state index contributed by atoms with van der Waals surface area (Å²) in [6, 6.07) is 3.66. The first kappa shape index (κ1) is 23.0. The first-order valence-electron chi connectivity index (χ1n) is 12.3. The Morgan fingerprint density at radius 2 is 1.65 bits per heavy atom. The highest BCUT2D eigenvalue weighted by Gasteiger charge is 2.60. The summed E-state index contributed by atoms with van der Waals surface area (Å²) in [5.41, 5.74) is 7.06. The average Bonchev–Trinajstić information content (AvgIpc) is 3.47. The van der Waals surface area contributed by atoms with E-state index < -0.39 is 9.85 Å². The van der Waals surface area contributed by atoms with Gasteiger partial charge in [-0.05, 0) is 71.3 Å². The summed E-state index contributed by atoms with van der Waals surface area (Å²) in [5, 5.41) is 27.5. The molecular formula is C26H34N4O4. The molecule has 8 nitrogen and oxygen atoms in total. The summed E-state index contributed by atoms with van der Waals surface area (Å²) in [6.45, 7) is 14.2. The zero-order valence-electron chi connectivity index (χ0n) is 20.8. The molecule has 4 aliphatic carbocycles. The molecule has 1 N–H and O–H groups in total. The Labute approximate surface area is 200 Å². The lowest BCUT2D eigenvalue weighted by Crippen LogP contribution is -2.38.